The van der Waals surface area contributed by atoms with E-state index < -0.39 is 0 Å². The fourth-order valence-electron chi connectivity index (χ4n) is 5.43. The topological polar surface area (TPSA) is 58.1 Å². The van der Waals surface area contributed by atoms with Crippen molar-refractivity contribution in [3.8, 4) is 0 Å². The van der Waals surface area contributed by atoms with Gasteiger partial charge in [0.2, 0.25) is 0 Å². The number of ether oxygens (including phenoxy) is 2. The standard InChI is InChI=1S/C21H38N4O2.HI/c1-2-22-20(24-18-14-17-6-7-19(18)27-17)23-15-21(8-4-3-5-9-21)16-25-10-12-26-13-11-25;/h17-19H,2-16H2,1H3,(H2,22,23,24);1H. The molecule has 1 saturated carbocycles. The Balaban J connectivity index is 0.00000225. The predicted octanol–water partition coefficient (Wildman–Crippen LogP) is 2.76. The Morgan fingerprint density at radius 2 is 1.93 bits per heavy atom. The van der Waals surface area contributed by atoms with Gasteiger partial charge >= 0.3 is 0 Å². The second-order valence-corrected chi connectivity index (χ2v) is 9.00. The predicted molar refractivity (Wildman–Crippen MR) is 124 cm³/mol. The first-order valence-electron chi connectivity index (χ1n) is 11.3. The van der Waals surface area contributed by atoms with Crippen molar-refractivity contribution in [1.29, 1.82) is 0 Å². The Morgan fingerprint density at radius 3 is 2.57 bits per heavy atom. The number of nitrogens with zero attached hydrogens (tertiary/aromatic N) is 2. The minimum atomic E-state index is 0. The van der Waals surface area contributed by atoms with E-state index in [1.807, 2.05) is 0 Å². The molecule has 2 N–H and O–H groups in total. The highest BCUT2D eigenvalue weighted by molar-refractivity contribution is 14.0. The smallest absolute Gasteiger partial charge is 0.191 e. The average molecular weight is 506 g/mol. The second kappa shape index (κ2) is 10.8. The van der Waals surface area contributed by atoms with Crippen LogP contribution in [0.1, 0.15) is 58.3 Å². The van der Waals surface area contributed by atoms with Crippen molar-refractivity contribution < 1.29 is 9.47 Å². The number of halogens is 1. The quantitative estimate of drug-likeness (QED) is 0.330. The molecule has 3 heterocycles. The minimum absolute atomic E-state index is 0. The molecule has 0 amide bonds. The van der Waals surface area contributed by atoms with Crippen LogP contribution >= 0.6 is 24.0 Å². The van der Waals surface area contributed by atoms with Crippen LogP contribution in [0.15, 0.2) is 4.99 Å². The number of morpholine rings is 1. The van der Waals surface area contributed by atoms with E-state index in [0.29, 0.717) is 23.7 Å². The molecule has 3 saturated heterocycles. The third-order valence-electron chi connectivity index (χ3n) is 6.92. The summed E-state index contributed by atoms with van der Waals surface area (Å²) >= 11 is 0. The van der Waals surface area contributed by atoms with Crippen LogP contribution in [0.5, 0.6) is 0 Å². The van der Waals surface area contributed by atoms with Crippen LogP contribution in [-0.4, -0.2) is 75.0 Å². The van der Waals surface area contributed by atoms with E-state index >= 15 is 0 Å². The average Bonchev–Trinajstić information content (AvgIpc) is 3.31. The maximum atomic E-state index is 6.01. The normalized spacial score (nSPS) is 32.8. The number of hydrogen-bond acceptors (Lipinski definition) is 4. The molecule has 0 aromatic heterocycles. The summed E-state index contributed by atoms with van der Waals surface area (Å²) in [5.74, 6) is 0.991. The van der Waals surface area contributed by atoms with Gasteiger partial charge in [0.15, 0.2) is 5.96 Å². The largest absolute Gasteiger partial charge is 0.379 e. The summed E-state index contributed by atoms with van der Waals surface area (Å²) in [6.45, 7) is 9.08. The molecule has 0 aromatic carbocycles. The van der Waals surface area contributed by atoms with E-state index in [9.17, 15) is 0 Å². The molecule has 28 heavy (non-hydrogen) atoms. The molecule has 3 unspecified atom stereocenters. The van der Waals surface area contributed by atoms with Crippen molar-refractivity contribution in [2.45, 2.75) is 76.5 Å². The molecule has 6 nitrogen and oxygen atoms in total. The van der Waals surface area contributed by atoms with Gasteiger partial charge < -0.3 is 20.1 Å². The number of nitrogens with one attached hydrogen (secondary N) is 2. The zero-order valence-corrected chi connectivity index (χ0v) is 19.8. The molecule has 4 fully saturated rings. The van der Waals surface area contributed by atoms with Gasteiger partial charge in [0, 0.05) is 38.1 Å². The molecule has 1 aliphatic carbocycles. The fourth-order valence-corrected chi connectivity index (χ4v) is 5.43. The molecule has 3 atom stereocenters. The summed E-state index contributed by atoms with van der Waals surface area (Å²) in [6.07, 6.45) is 11.1. The molecule has 4 aliphatic rings. The van der Waals surface area contributed by atoms with Gasteiger partial charge in [-0.15, -0.1) is 24.0 Å². The van der Waals surface area contributed by atoms with Crippen molar-refractivity contribution in [3.05, 3.63) is 0 Å². The highest BCUT2D eigenvalue weighted by atomic mass is 127. The van der Waals surface area contributed by atoms with Gasteiger partial charge in [-0.05, 0) is 39.0 Å². The van der Waals surface area contributed by atoms with Crippen molar-refractivity contribution in [2.24, 2.45) is 10.4 Å². The third-order valence-corrected chi connectivity index (χ3v) is 6.92. The summed E-state index contributed by atoms with van der Waals surface area (Å²) in [7, 11) is 0. The molecule has 2 bridgehead atoms. The summed E-state index contributed by atoms with van der Waals surface area (Å²) < 4.78 is 11.6. The molecule has 4 rings (SSSR count). The summed E-state index contributed by atoms with van der Waals surface area (Å²) in [5, 5.41) is 7.17. The van der Waals surface area contributed by atoms with Gasteiger partial charge in [-0.1, -0.05) is 19.3 Å². The van der Waals surface area contributed by atoms with Crippen molar-refractivity contribution in [2.75, 3.05) is 45.9 Å². The summed E-state index contributed by atoms with van der Waals surface area (Å²) in [6, 6.07) is 0.433. The van der Waals surface area contributed by atoms with Gasteiger partial charge in [0.05, 0.1) is 31.5 Å². The van der Waals surface area contributed by atoms with Crippen molar-refractivity contribution in [1.82, 2.24) is 15.5 Å². The number of guanidine groups is 1. The number of rotatable bonds is 6. The molecule has 162 valence electrons. The highest BCUT2D eigenvalue weighted by Gasteiger charge is 2.41. The molecule has 0 spiro atoms. The lowest BCUT2D eigenvalue weighted by atomic mass is 9.73. The van der Waals surface area contributed by atoms with E-state index in [0.717, 1.165) is 51.8 Å². The molecule has 7 heteroatoms. The van der Waals surface area contributed by atoms with Crippen LogP contribution < -0.4 is 10.6 Å². The van der Waals surface area contributed by atoms with Gasteiger partial charge in [-0.3, -0.25) is 9.89 Å². The first-order chi connectivity index (χ1) is 13.3. The molecular weight excluding hydrogens is 467 g/mol. The molecule has 3 aliphatic heterocycles. The van der Waals surface area contributed by atoms with Crippen LogP contribution in [-0.2, 0) is 9.47 Å². The third kappa shape index (κ3) is 5.73. The SMILES string of the molecule is CCNC(=NCC1(CN2CCOCC2)CCCCC1)NC1CC2CCC1O2.I. The van der Waals surface area contributed by atoms with E-state index in [1.54, 1.807) is 0 Å². The Labute approximate surface area is 187 Å². The summed E-state index contributed by atoms with van der Waals surface area (Å²) in [5.41, 5.74) is 0.336. The highest BCUT2D eigenvalue weighted by Crippen LogP contribution is 2.38. The van der Waals surface area contributed by atoms with E-state index in [4.69, 9.17) is 14.5 Å². The molecule has 0 aromatic rings. The Hall–Kier alpha value is -0.120. The van der Waals surface area contributed by atoms with Gasteiger partial charge in [0.1, 0.15) is 0 Å². The summed E-state index contributed by atoms with van der Waals surface area (Å²) in [4.78, 5) is 7.71. The first kappa shape index (κ1) is 22.6. The van der Waals surface area contributed by atoms with Crippen LogP contribution in [0.3, 0.4) is 0 Å². The molecule has 0 radical (unpaired) electrons. The zero-order valence-electron chi connectivity index (χ0n) is 17.5. The van der Waals surface area contributed by atoms with Crippen LogP contribution in [0.25, 0.3) is 0 Å². The van der Waals surface area contributed by atoms with E-state index in [-0.39, 0.29) is 24.0 Å². The lowest BCUT2D eigenvalue weighted by molar-refractivity contribution is 0.00937. The van der Waals surface area contributed by atoms with Crippen molar-refractivity contribution in [3.63, 3.8) is 0 Å². The van der Waals surface area contributed by atoms with Crippen LogP contribution in [0.4, 0.5) is 0 Å². The maximum Gasteiger partial charge on any atom is 0.191 e. The number of aliphatic imine (C=N–C) groups is 1. The fraction of sp³-hybridized carbons (Fsp3) is 0.952. The first-order valence-corrected chi connectivity index (χ1v) is 11.3. The van der Waals surface area contributed by atoms with Crippen LogP contribution in [0, 0.1) is 5.41 Å². The van der Waals surface area contributed by atoms with E-state index in [1.165, 1.54) is 51.5 Å². The number of fused-ring (bicyclic) bond motifs is 2. The Morgan fingerprint density at radius 1 is 1.14 bits per heavy atom. The minimum Gasteiger partial charge on any atom is -0.379 e. The van der Waals surface area contributed by atoms with Gasteiger partial charge in [-0.2, -0.15) is 0 Å². The van der Waals surface area contributed by atoms with Crippen molar-refractivity contribution >= 4 is 29.9 Å². The van der Waals surface area contributed by atoms with Crippen LogP contribution in [0.2, 0.25) is 0 Å². The Kier molecular flexibility index (Phi) is 8.68. The van der Waals surface area contributed by atoms with Gasteiger partial charge in [0.25, 0.3) is 0 Å². The number of hydrogen-bond donors (Lipinski definition) is 2. The second-order valence-electron chi connectivity index (χ2n) is 9.00. The maximum absolute atomic E-state index is 6.01. The Bertz CT molecular complexity index is 507. The van der Waals surface area contributed by atoms with Gasteiger partial charge in [-0.25, -0.2) is 0 Å². The lowest BCUT2D eigenvalue weighted by Gasteiger charge is -2.41. The zero-order chi connectivity index (χ0) is 18.5. The van der Waals surface area contributed by atoms with E-state index in [2.05, 4.69) is 22.5 Å². The lowest BCUT2D eigenvalue weighted by Crippen LogP contribution is -2.49. The molecular formula is C21H39IN4O2. The monoisotopic (exact) mass is 506 g/mol.